The van der Waals surface area contributed by atoms with E-state index in [1.54, 1.807) is 0 Å². The largest absolute Gasteiger partial charge is 0.0949 e. The van der Waals surface area contributed by atoms with Crippen molar-refractivity contribution in [3.8, 4) is 0 Å². The number of aryl methyl sites for hydroxylation is 3. The van der Waals surface area contributed by atoms with Crippen LogP contribution in [0.25, 0.3) is 16.7 Å². The summed E-state index contributed by atoms with van der Waals surface area (Å²) in [5.41, 5.74) is 12.2. The van der Waals surface area contributed by atoms with Crippen LogP contribution in [-0.2, 0) is 0 Å². The van der Waals surface area contributed by atoms with E-state index in [0.29, 0.717) is 0 Å². The van der Waals surface area contributed by atoms with Crippen molar-refractivity contribution in [2.24, 2.45) is 5.92 Å². The Morgan fingerprint density at radius 1 is 0.758 bits per heavy atom. The topological polar surface area (TPSA) is 0 Å². The Labute approximate surface area is 199 Å². The minimum absolute atomic E-state index is 0.179. The molecular formula is C33H32. The average molecular weight is 429 g/mol. The van der Waals surface area contributed by atoms with Crippen molar-refractivity contribution in [1.82, 2.24) is 0 Å². The summed E-state index contributed by atoms with van der Waals surface area (Å²) >= 11 is 0. The molecule has 0 saturated heterocycles. The van der Waals surface area contributed by atoms with E-state index in [1.165, 1.54) is 44.5 Å². The predicted octanol–water partition coefficient (Wildman–Crippen LogP) is 8.92. The van der Waals surface area contributed by atoms with Crippen LogP contribution in [0.5, 0.6) is 0 Å². The Balaban J connectivity index is 1.68. The molecule has 0 spiro atoms. The molecular weight excluding hydrogens is 396 g/mol. The Kier molecular flexibility index (Phi) is 6.75. The molecule has 0 nitrogen and oxygen atoms in total. The van der Waals surface area contributed by atoms with E-state index in [2.05, 4.69) is 131 Å². The van der Waals surface area contributed by atoms with Gasteiger partial charge in [0.2, 0.25) is 0 Å². The molecule has 0 saturated carbocycles. The molecule has 0 N–H and O–H groups in total. The lowest BCUT2D eigenvalue weighted by Crippen LogP contribution is -2.01. The molecule has 0 fully saturated rings. The first kappa shape index (κ1) is 22.6. The smallest absolute Gasteiger partial charge is 0.0272 e. The second-order valence-electron chi connectivity index (χ2n) is 9.11. The summed E-state index contributed by atoms with van der Waals surface area (Å²) in [4.78, 5) is 0. The van der Waals surface area contributed by atoms with Crippen molar-refractivity contribution in [1.29, 1.82) is 0 Å². The number of benzene rings is 3. The van der Waals surface area contributed by atoms with E-state index < -0.39 is 0 Å². The maximum absolute atomic E-state index is 4.47. The number of rotatable bonds is 7. The van der Waals surface area contributed by atoms with Gasteiger partial charge in [0.15, 0.2) is 0 Å². The summed E-state index contributed by atoms with van der Waals surface area (Å²) in [7, 11) is 0. The average Bonchev–Trinajstić information content (AvgIpc) is 3.26. The molecule has 3 aromatic rings. The second kappa shape index (κ2) is 9.88. The third kappa shape index (κ3) is 5.41. The fourth-order valence-corrected chi connectivity index (χ4v) is 4.45. The molecule has 1 atom stereocenters. The van der Waals surface area contributed by atoms with Gasteiger partial charge in [0.1, 0.15) is 0 Å². The summed E-state index contributed by atoms with van der Waals surface area (Å²) < 4.78 is 0. The zero-order chi connectivity index (χ0) is 23.4. The van der Waals surface area contributed by atoms with Crippen LogP contribution in [0.15, 0.2) is 116 Å². The van der Waals surface area contributed by atoms with Crippen LogP contribution in [0, 0.1) is 26.7 Å². The zero-order valence-electron chi connectivity index (χ0n) is 19.9. The summed E-state index contributed by atoms with van der Waals surface area (Å²) in [5, 5.41) is 0. The van der Waals surface area contributed by atoms with Crippen molar-refractivity contribution < 1.29 is 0 Å². The van der Waals surface area contributed by atoms with Gasteiger partial charge in [-0.05, 0) is 66.2 Å². The summed E-state index contributed by atoms with van der Waals surface area (Å²) in [6.45, 7) is 15.3. The third-order valence-corrected chi connectivity index (χ3v) is 6.28. The van der Waals surface area contributed by atoms with E-state index in [-0.39, 0.29) is 5.92 Å². The number of hydrogen-bond donors (Lipinski definition) is 0. The summed E-state index contributed by atoms with van der Waals surface area (Å²) in [6.07, 6.45) is 9.77. The number of hydrogen-bond acceptors (Lipinski definition) is 0. The van der Waals surface area contributed by atoms with Crippen molar-refractivity contribution in [3.05, 3.63) is 149 Å². The predicted molar refractivity (Wildman–Crippen MR) is 145 cm³/mol. The van der Waals surface area contributed by atoms with Crippen LogP contribution >= 0.6 is 0 Å². The van der Waals surface area contributed by atoms with Gasteiger partial charge in [0.25, 0.3) is 0 Å². The highest BCUT2D eigenvalue weighted by Crippen LogP contribution is 2.37. The zero-order valence-corrected chi connectivity index (χ0v) is 19.9. The van der Waals surface area contributed by atoms with E-state index in [0.717, 1.165) is 17.6 Å². The maximum atomic E-state index is 4.47. The first-order valence-corrected chi connectivity index (χ1v) is 11.6. The molecule has 0 amide bonds. The lowest BCUT2D eigenvalue weighted by atomic mass is 9.86. The van der Waals surface area contributed by atoms with Crippen molar-refractivity contribution in [2.75, 3.05) is 0 Å². The number of allylic oxidation sites excluding steroid dienone is 8. The maximum Gasteiger partial charge on any atom is 0.0272 e. The minimum atomic E-state index is 0.179. The van der Waals surface area contributed by atoms with Gasteiger partial charge in [-0.3, -0.25) is 0 Å². The minimum Gasteiger partial charge on any atom is -0.0949 e. The molecule has 1 unspecified atom stereocenters. The van der Waals surface area contributed by atoms with E-state index >= 15 is 0 Å². The fraction of sp³-hybridized carbons (Fsp3) is 0.152. The summed E-state index contributed by atoms with van der Waals surface area (Å²) in [5.74, 6) is 0.179. The van der Waals surface area contributed by atoms with Crippen molar-refractivity contribution in [3.63, 3.8) is 0 Å². The van der Waals surface area contributed by atoms with Crippen LogP contribution in [0.1, 0.15) is 39.8 Å². The van der Waals surface area contributed by atoms with E-state index in [4.69, 9.17) is 0 Å². The van der Waals surface area contributed by atoms with Crippen molar-refractivity contribution in [2.45, 2.75) is 27.2 Å². The fourth-order valence-electron chi connectivity index (χ4n) is 4.45. The third-order valence-electron chi connectivity index (χ3n) is 6.28. The van der Waals surface area contributed by atoms with Gasteiger partial charge in [0.05, 0.1) is 0 Å². The molecule has 0 radical (unpaired) electrons. The van der Waals surface area contributed by atoms with Crippen molar-refractivity contribution >= 4 is 16.7 Å². The first-order chi connectivity index (χ1) is 15.9. The molecule has 0 aliphatic heterocycles. The van der Waals surface area contributed by atoms with Gasteiger partial charge in [-0.2, -0.15) is 0 Å². The van der Waals surface area contributed by atoms with Gasteiger partial charge in [0, 0.05) is 5.92 Å². The molecule has 0 aromatic heterocycles. The van der Waals surface area contributed by atoms with Gasteiger partial charge in [-0.25, -0.2) is 0 Å². The molecule has 4 rings (SSSR count). The molecule has 0 bridgehead atoms. The van der Waals surface area contributed by atoms with E-state index in [9.17, 15) is 0 Å². The Bertz CT molecular complexity index is 1290. The molecule has 0 heteroatoms. The standard InChI is InChI=1S/C33H32/c1-23-10-6-13-28(18-23)26(4)21-32(30-15-8-12-25(3)20-30)22-31-16-9-17-33(31)27(5)29-14-7-11-24(2)19-29/h6-20,22,33H,4-5,21H2,1-3H3. The monoisotopic (exact) mass is 428 g/mol. The van der Waals surface area contributed by atoms with Crippen LogP contribution in [0.3, 0.4) is 0 Å². The van der Waals surface area contributed by atoms with Crippen LogP contribution in [-0.4, -0.2) is 0 Å². The first-order valence-electron chi connectivity index (χ1n) is 11.6. The quantitative estimate of drug-likeness (QED) is 0.352. The summed E-state index contributed by atoms with van der Waals surface area (Å²) in [6, 6.07) is 26.0. The van der Waals surface area contributed by atoms with Gasteiger partial charge in [-0.15, -0.1) is 0 Å². The Morgan fingerprint density at radius 3 is 1.94 bits per heavy atom. The van der Waals surface area contributed by atoms with Crippen LogP contribution in [0.2, 0.25) is 0 Å². The van der Waals surface area contributed by atoms with Crippen LogP contribution < -0.4 is 0 Å². The van der Waals surface area contributed by atoms with Gasteiger partial charge >= 0.3 is 0 Å². The SMILES string of the molecule is C=C(CC(=CC1=CC=CC1C(=C)c1cccc(C)c1)c1cccc(C)c1)c1cccc(C)c1. The Morgan fingerprint density at radius 2 is 1.30 bits per heavy atom. The second-order valence-corrected chi connectivity index (χ2v) is 9.11. The molecule has 1 aliphatic carbocycles. The Hall–Kier alpha value is -3.64. The van der Waals surface area contributed by atoms with E-state index in [1.807, 2.05) is 0 Å². The highest BCUT2D eigenvalue weighted by atomic mass is 14.2. The molecule has 1 aliphatic rings. The molecule has 3 aromatic carbocycles. The highest BCUT2D eigenvalue weighted by molar-refractivity contribution is 5.82. The lowest BCUT2D eigenvalue weighted by Gasteiger charge is -2.18. The lowest BCUT2D eigenvalue weighted by molar-refractivity contribution is 1.06. The van der Waals surface area contributed by atoms with Gasteiger partial charge < -0.3 is 0 Å². The molecule has 0 heterocycles. The van der Waals surface area contributed by atoms with Gasteiger partial charge in [-0.1, -0.05) is 127 Å². The highest BCUT2D eigenvalue weighted by Gasteiger charge is 2.19. The molecule has 33 heavy (non-hydrogen) atoms. The molecule has 164 valence electrons. The van der Waals surface area contributed by atoms with Crippen LogP contribution in [0.4, 0.5) is 0 Å². The normalized spacial score (nSPS) is 15.4.